The van der Waals surface area contributed by atoms with Gasteiger partial charge >= 0.3 is 6.01 Å². The fourth-order valence-electron chi connectivity index (χ4n) is 4.01. The summed E-state index contributed by atoms with van der Waals surface area (Å²) >= 11 is 0. The first-order chi connectivity index (χ1) is 13.2. The largest absolute Gasteiger partial charge is 0.460 e. The Kier molecular flexibility index (Phi) is 5.29. The SMILES string of the molecule is NC(=O)c1ccc(-c2cnc(OC3CCN(C4CCCC4)CC3)nc2)cn1. The van der Waals surface area contributed by atoms with E-state index < -0.39 is 5.91 Å². The van der Waals surface area contributed by atoms with Crippen LogP contribution in [0.3, 0.4) is 0 Å². The molecule has 0 unspecified atom stereocenters. The molecule has 2 aromatic heterocycles. The van der Waals surface area contributed by atoms with Crippen LogP contribution in [-0.4, -0.2) is 51.0 Å². The lowest BCUT2D eigenvalue weighted by Crippen LogP contribution is -2.43. The van der Waals surface area contributed by atoms with Crippen LogP contribution < -0.4 is 10.5 Å². The molecule has 3 heterocycles. The summed E-state index contributed by atoms with van der Waals surface area (Å²) in [5.41, 5.74) is 7.10. The molecule has 7 heteroatoms. The molecule has 2 N–H and O–H groups in total. The highest BCUT2D eigenvalue weighted by Crippen LogP contribution is 2.27. The highest BCUT2D eigenvalue weighted by Gasteiger charge is 2.28. The zero-order chi connectivity index (χ0) is 18.6. The van der Waals surface area contributed by atoms with E-state index in [1.807, 2.05) is 0 Å². The van der Waals surface area contributed by atoms with Crippen LogP contribution in [-0.2, 0) is 0 Å². The van der Waals surface area contributed by atoms with Crippen LogP contribution in [0, 0.1) is 0 Å². The minimum atomic E-state index is -0.541. The fourth-order valence-corrected chi connectivity index (χ4v) is 4.01. The van der Waals surface area contributed by atoms with E-state index in [0.29, 0.717) is 6.01 Å². The number of amides is 1. The van der Waals surface area contributed by atoms with Crippen LogP contribution >= 0.6 is 0 Å². The minimum Gasteiger partial charge on any atom is -0.460 e. The van der Waals surface area contributed by atoms with Gasteiger partial charge < -0.3 is 15.4 Å². The van der Waals surface area contributed by atoms with Crippen molar-refractivity contribution in [2.45, 2.75) is 50.7 Å². The van der Waals surface area contributed by atoms with Crippen molar-refractivity contribution in [2.75, 3.05) is 13.1 Å². The summed E-state index contributed by atoms with van der Waals surface area (Å²) in [6, 6.07) is 4.58. The van der Waals surface area contributed by atoms with Gasteiger partial charge in [-0.2, -0.15) is 0 Å². The summed E-state index contributed by atoms with van der Waals surface area (Å²) in [5.74, 6) is -0.541. The van der Waals surface area contributed by atoms with Crippen molar-refractivity contribution in [3.63, 3.8) is 0 Å². The van der Waals surface area contributed by atoms with Crippen LogP contribution in [0.4, 0.5) is 0 Å². The molecule has 1 aliphatic carbocycles. The Bertz CT molecular complexity index is 764. The average Bonchev–Trinajstić information content (AvgIpc) is 3.24. The van der Waals surface area contributed by atoms with Gasteiger partial charge in [0, 0.05) is 48.8 Å². The van der Waals surface area contributed by atoms with E-state index in [0.717, 1.165) is 43.1 Å². The molecule has 2 aliphatic rings. The van der Waals surface area contributed by atoms with E-state index >= 15 is 0 Å². The maximum absolute atomic E-state index is 11.1. The van der Waals surface area contributed by atoms with Gasteiger partial charge in [-0.15, -0.1) is 0 Å². The first-order valence-electron chi connectivity index (χ1n) is 9.68. The minimum absolute atomic E-state index is 0.185. The zero-order valence-corrected chi connectivity index (χ0v) is 15.4. The first-order valence-corrected chi connectivity index (χ1v) is 9.68. The number of nitrogens with zero attached hydrogens (tertiary/aromatic N) is 4. The van der Waals surface area contributed by atoms with E-state index in [1.165, 1.54) is 25.7 Å². The van der Waals surface area contributed by atoms with E-state index in [-0.39, 0.29) is 11.8 Å². The van der Waals surface area contributed by atoms with Gasteiger partial charge in [-0.25, -0.2) is 9.97 Å². The van der Waals surface area contributed by atoms with Gasteiger partial charge in [0.25, 0.3) is 5.91 Å². The van der Waals surface area contributed by atoms with E-state index in [1.54, 1.807) is 30.7 Å². The standard InChI is InChI=1S/C20H25N5O2/c21-19(26)18-6-5-14(11-22-18)15-12-23-20(24-13-15)27-17-7-9-25(10-8-17)16-3-1-2-4-16/h5-6,11-13,16-17H,1-4,7-10H2,(H2,21,26). The van der Waals surface area contributed by atoms with E-state index in [4.69, 9.17) is 10.5 Å². The third-order valence-electron chi connectivity index (χ3n) is 5.57. The Labute approximate surface area is 159 Å². The van der Waals surface area contributed by atoms with Crippen molar-refractivity contribution in [1.82, 2.24) is 19.9 Å². The average molecular weight is 367 g/mol. The summed E-state index contributed by atoms with van der Waals surface area (Å²) in [4.78, 5) is 26.4. The Morgan fingerprint density at radius 2 is 1.63 bits per heavy atom. The Balaban J connectivity index is 1.32. The van der Waals surface area contributed by atoms with Crippen LogP contribution in [0.5, 0.6) is 6.01 Å². The van der Waals surface area contributed by atoms with Crippen LogP contribution in [0.15, 0.2) is 30.7 Å². The molecule has 4 rings (SSSR count). The Morgan fingerprint density at radius 1 is 0.963 bits per heavy atom. The maximum Gasteiger partial charge on any atom is 0.316 e. The molecule has 1 aliphatic heterocycles. The second-order valence-electron chi connectivity index (χ2n) is 7.34. The molecule has 1 saturated heterocycles. The molecular formula is C20H25N5O2. The lowest BCUT2D eigenvalue weighted by Gasteiger charge is -2.35. The van der Waals surface area contributed by atoms with E-state index in [9.17, 15) is 4.79 Å². The second-order valence-corrected chi connectivity index (χ2v) is 7.34. The van der Waals surface area contributed by atoms with Crippen LogP contribution in [0.2, 0.25) is 0 Å². The fraction of sp³-hybridized carbons (Fsp3) is 0.500. The highest BCUT2D eigenvalue weighted by molar-refractivity contribution is 5.91. The predicted molar refractivity (Wildman–Crippen MR) is 101 cm³/mol. The number of hydrogen-bond acceptors (Lipinski definition) is 6. The van der Waals surface area contributed by atoms with Crippen molar-refractivity contribution in [3.05, 3.63) is 36.4 Å². The molecule has 0 atom stereocenters. The summed E-state index contributed by atoms with van der Waals surface area (Å²) in [6.07, 6.45) is 12.7. The molecule has 0 bridgehead atoms. The quantitative estimate of drug-likeness (QED) is 0.872. The summed E-state index contributed by atoms with van der Waals surface area (Å²) in [6.45, 7) is 2.20. The van der Waals surface area contributed by atoms with Gasteiger partial charge in [-0.05, 0) is 31.7 Å². The van der Waals surface area contributed by atoms with Gasteiger partial charge in [-0.1, -0.05) is 18.9 Å². The molecule has 0 spiro atoms. The molecule has 142 valence electrons. The number of nitrogens with two attached hydrogens (primary N) is 1. The molecular weight excluding hydrogens is 342 g/mol. The normalized spacial score (nSPS) is 19.3. The Morgan fingerprint density at radius 3 is 2.22 bits per heavy atom. The number of likely N-dealkylation sites (tertiary alicyclic amines) is 1. The number of aromatic nitrogens is 3. The van der Waals surface area contributed by atoms with Crippen molar-refractivity contribution in [2.24, 2.45) is 5.73 Å². The summed E-state index contributed by atoms with van der Waals surface area (Å²) < 4.78 is 5.98. The van der Waals surface area contributed by atoms with Gasteiger partial charge in [0.2, 0.25) is 0 Å². The monoisotopic (exact) mass is 367 g/mol. The number of pyridine rings is 1. The number of ether oxygens (including phenoxy) is 1. The van der Waals surface area contributed by atoms with Crippen LogP contribution in [0.1, 0.15) is 49.0 Å². The highest BCUT2D eigenvalue weighted by atomic mass is 16.5. The topological polar surface area (TPSA) is 94.2 Å². The number of carbonyl (C=O) groups is 1. The molecule has 27 heavy (non-hydrogen) atoms. The predicted octanol–water partition coefficient (Wildman–Crippen LogP) is 2.42. The number of carbonyl (C=O) groups excluding carboxylic acids is 1. The molecule has 0 aromatic carbocycles. The van der Waals surface area contributed by atoms with Crippen molar-refractivity contribution in [1.29, 1.82) is 0 Å². The summed E-state index contributed by atoms with van der Waals surface area (Å²) in [7, 11) is 0. The molecule has 0 radical (unpaired) electrons. The maximum atomic E-state index is 11.1. The lowest BCUT2D eigenvalue weighted by molar-refractivity contribution is 0.0710. The third kappa shape index (κ3) is 4.24. The molecule has 2 aromatic rings. The lowest BCUT2D eigenvalue weighted by atomic mass is 10.0. The van der Waals surface area contributed by atoms with Crippen molar-refractivity contribution in [3.8, 4) is 17.1 Å². The molecule has 1 amide bonds. The van der Waals surface area contributed by atoms with E-state index in [2.05, 4.69) is 19.9 Å². The number of hydrogen-bond donors (Lipinski definition) is 1. The molecule has 2 fully saturated rings. The van der Waals surface area contributed by atoms with Gasteiger partial charge in [0.15, 0.2) is 0 Å². The van der Waals surface area contributed by atoms with Gasteiger partial charge in [0.1, 0.15) is 11.8 Å². The number of piperidine rings is 1. The third-order valence-corrected chi connectivity index (χ3v) is 5.57. The molecule has 1 saturated carbocycles. The number of rotatable bonds is 5. The van der Waals surface area contributed by atoms with Crippen molar-refractivity contribution < 1.29 is 9.53 Å². The smallest absolute Gasteiger partial charge is 0.316 e. The number of primary amides is 1. The van der Waals surface area contributed by atoms with Crippen molar-refractivity contribution >= 4 is 5.91 Å². The van der Waals surface area contributed by atoms with Gasteiger partial charge in [0.05, 0.1) is 0 Å². The zero-order valence-electron chi connectivity index (χ0n) is 15.4. The second kappa shape index (κ2) is 8.00. The van der Waals surface area contributed by atoms with Gasteiger partial charge in [-0.3, -0.25) is 9.78 Å². The molecule has 7 nitrogen and oxygen atoms in total. The summed E-state index contributed by atoms with van der Waals surface area (Å²) in [5, 5.41) is 0. The first kappa shape index (κ1) is 17.9. The van der Waals surface area contributed by atoms with Crippen LogP contribution in [0.25, 0.3) is 11.1 Å². The Hall–Kier alpha value is -2.54.